The highest BCUT2D eigenvalue weighted by Gasteiger charge is 2.28. The number of ether oxygens (including phenoxy) is 1. The van der Waals surface area contributed by atoms with Crippen LogP contribution < -0.4 is 11.1 Å². The molecule has 3 N–H and O–H groups in total. The Bertz CT molecular complexity index is 533. The van der Waals surface area contributed by atoms with Crippen LogP contribution in [0.15, 0.2) is 18.2 Å². The molecule has 0 radical (unpaired) electrons. The van der Waals surface area contributed by atoms with E-state index in [0.717, 1.165) is 18.9 Å². The number of nitrogens with one attached hydrogen (secondary N) is 1. The molecule has 2 rings (SSSR count). The van der Waals surface area contributed by atoms with Crippen LogP contribution in [0.25, 0.3) is 0 Å². The van der Waals surface area contributed by atoms with E-state index in [-0.39, 0.29) is 23.4 Å². The average Bonchev–Trinajstić information content (AvgIpc) is 2.87. The minimum absolute atomic E-state index is 0.0598. The standard InChI is InChI=1S/C14H17FN2O3/c1-20-14(19)11-7-10(4-5-12(11)15)17-13(18)8-2-3-9(16)6-8/h4-5,7-9H,2-3,6,16H2,1H3,(H,17,18). The summed E-state index contributed by atoms with van der Waals surface area (Å²) >= 11 is 0. The van der Waals surface area contributed by atoms with E-state index in [1.807, 2.05) is 0 Å². The molecule has 0 aromatic heterocycles. The number of methoxy groups -OCH3 is 1. The van der Waals surface area contributed by atoms with Gasteiger partial charge in [0, 0.05) is 17.6 Å². The number of hydrogen-bond acceptors (Lipinski definition) is 4. The van der Waals surface area contributed by atoms with E-state index >= 15 is 0 Å². The van der Waals surface area contributed by atoms with E-state index in [9.17, 15) is 14.0 Å². The lowest BCUT2D eigenvalue weighted by Crippen LogP contribution is -2.23. The Hall–Kier alpha value is -1.95. The summed E-state index contributed by atoms with van der Waals surface area (Å²) in [6.45, 7) is 0. The van der Waals surface area contributed by atoms with Crippen molar-refractivity contribution in [1.29, 1.82) is 0 Å². The van der Waals surface area contributed by atoms with E-state index in [2.05, 4.69) is 10.1 Å². The quantitative estimate of drug-likeness (QED) is 0.825. The summed E-state index contributed by atoms with van der Waals surface area (Å²) in [5, 5.41) is 2.68. The number of carbonyl (C=O) groups is 2. The van der Waals surface area contributed by atoms with Gasteiger partial charge in [-0.3, -0.25) is 4.79 Å². The van der Waals surface area contributed by atoms with Crippen molar-refractivity contribution in [2.75, 3.05) is 12.4 Å². The lowest BCUT2D eigenvalue weighted by Gasteiger charge is -2.11. The Labute approximate surface area is 116 Å². The molecule has 0 saturated heterocycles. The molecule has 2 atom stereocenters. The number of carbonyl (C=O) groups excluding carboxylic acids is 2. The smallest absolute Gasteiger partial charge is 0.340 e. The second-order valence-electron chi connectivity index (χ2n) is 4.95. The van der Waals surface area contributed by atoms with Gasteiger partial charge >= 0.3 is 5.97 Å². The van der Waals surface area contributed by atoms with Crippen LogP contribution in [0.3, 0.4) is 0 Å². The molecule has 1 aromatic carbocycles. The summed E-state index contributed by atoms with van der Waals surface area (Å²) in [5.41, 5.74) is 5.94. The molecule has 1 saturated carbocycles. The molecular weight excluding hydrogens is 263 g/mol. The second-order valence-corrected chi connectivity index (χ2v) is 4.95. The van der Waals surface area contributed by atoms with E-state index in [1.54, 1.807) is 0 Å². The topological polar surface area (TPSA) is 81.4 Å². The summed E-state index contributed by atoms with van der Waals surface area (Å²) < 4.78 is 17.9. The molecule has 0 bridgehead atoms. The Morgan fingerprint density at radius 3 is 2.75 bits per heavy atom. The highest BCUT2D eigenvalue weighted by molar-refractivity contribution is 5.95. The molecule has 20 heavy (non-hydrogen) atoms. The average molecular weight is 280 g/mol. The zero-order chi connectivity index (χ0) is 14.7. The van der Waals surface area contributed by atoms with Crippen LogP contribution >= 0.6 is 0 Å². The summed E-state index contributed by atoms with van der Waals surface area (Å²) in [7, 11) is 1.17. The molecule has 0 heterocycles. The van der Waals surface area contributed by atoms with Gasteiger partial charge in [0.2, 0.25) is 5.91 Å². The molecule has 1 aromatic rings. The van der Waals surface area contributed by atoms with E-state index < -0.39 is 11.8 Å². The van der Waals surface area contributed by atoms with Crippen LogP contribution in [0, 0.1) is 11.7 Å². The molecular formula is C14H17FN2O3. The Morgan fingerprint density at radius 2 is 2.15 bits per heavy atom. The zero-order valence-electron chi connectivity index (χ0n) is 11.2. The maximum Gasteiger partial charge on any atom is 0.340 e. The van der Waals surface area contributed by atoms with Crippen molar-refractivity contribution in [3.05, 3.63) is 29.6 Å². The fraction of sp³-hybridized carbons (Fsp3) is 0.429. The molecule has 108 valence electrons. The Kier molecular flexibility index (Phi) is 4.34. The first-order chi connectivity index (χ1) is 9.51. The fourth-order valence-corrected chi connectivity index (χ4v) is 2.37. The summed E-state index contributed by atoms with van der Waals surface area (Å²) in [4.78, 5) is 23.4. The van der Waals surface area contributed by atoms with Crippen LogP contribution in [0.5, 0.6) is 0 Å². The zero-order valence-corrected chi connectivity index (χ0v) is 11.2. The molecule has 6 heteroatoms. The van der Waals surface area contributed by atoms with Crippen molar-refractivity contribution >= 4 is 17.6 Å². The van der Waals surface area contributed by atoms with Crippen molar-refractivity contribution in [2.45, 2.75) is 25.3 Å². The predicted molar refractivity (Wildman–Crippen MR) is 71.7 cm³/mol. The van der Waals surface area contributed by atoms with Gasteiger partial charge in [0.25, 0.3) is 0 Å². The molecule has 0 aliphatic heterocycles. The minimum Gasteiger partial charge on any atom is -0.465 e. The number of esters is 1. The van der Waals surface area contributed by atoms with Crippen LogP contribution in [-0.4, -0.2) is 25.0 Å². The monoisotopic (exact) mass is 280 g/mol. The van der Waals surface area contributed by atoms with E-state index in [0.29, 0.717) is 12.1 Å². The van der Waals surface area contributed by atoms with E-state index in [1.165, 1.54) is 19.2 Å². The van der Waals surface area contributed by atoms with Gasteiger partial charge in [-0.2, -0.15) is 0 Å². The van der Waals surface area contributed by atoms with Crippen LogP contribution in [0.4, 0.5) is 10.1 Å². The van der Waals surface area contributed by atoms with Gasteiger partial charge in [0.05, 0.1) is 12.7 Å². The van der Waals surface area contributed by atoms with Gasteiger partial charge in [-0.25, -0.2) is 9.18 Å². The SMILES string of the molecule is COC(=O)c1cc(NC(=O)C2CCC(N)C2)ccc1F. The third-order valence-corrected chi connectivity index (χ3v) is 3.48. The summed E-state index contributed by atoms with van der Waals surface area (Å²) in [6.07, 6.45) is 2.23. The number of amides is 1. The van der Waals surface area contributed by atoms with Gasteiger partial charge in [0.15, 0.2) is 0 Å². The lowest BCUT2D eigenvalue weighted by atomic mass is 10.1. The predicted octanol–water partition coefficient (Wildman–Crippen LogP) is 1.68. The van der Waals surface area contributed by atoms with Crippen molar-refractivity contribution in [2.24, 2.45) is 11.7 Å². The lowest BCUT2D eigenvalue weighted by molar-refractivity contribution is -0.119. The Balaban J connectivity index is 2.10. The number of rotatable bonds is 3. The number of benzene rings is 1. The first-order valence-corrected chi connectivity index (χ1v) is 6.45. The summed E-state index contributed by atoms with van der Waals surface area (Å²) in [5.74, 6) is -1.74. The maximum atomic E-state index is 13.5. The first kappa shape index (κ1) is 14.5. The van der Waals surface area contributed by atoms with Gasteiger partial charge in [0.1, 0.15) is 5.82 Å². The van der Waals surface area contributed by atoms with Crippen molar-refractivity contribution < 1.29 is 18.7 Å². The molecule has 1 fully saturated rings. The molecule has 1 aliphatic rings. The first-order valence-electron chi connectivity index (χ1n) is 6.45. The second kappa shape index (κ2) is 6.00. The molecule has 0 spiro atoms. The molecule has 1 aliphatic carbocycles. The van der Waals surface area contributed by atoms with Crippen LogP contribution in [0.2, 0.25) is 0 Å². The van der Waals surface area contributed by atoms with Crippen LogP contribution in [0.1, 0.15) is 29.6 Å². The molecule has 2 unspecified atom stereocenters. The number of anilines is 1. The molecule has 1 amide bonds. The largest absolute Gasteiger partial charge is 0.465 e. The van der Waals surface area contributed by atoms with Crippen LogP contribution in [-0.2, 0) is 9.53 Å². The fourth-order valence-electron chi connectivity index (χ4n) is 2.37. The Morgan fingerprint density at radius 1 is 1.40 bits per heavy atom. The third-order valence-electron chi connectivity index (χ3n) is 3.48. The highest BCUT2D eigenvalue weighted by Crippen LogP contribution is 2.26. The normalized spacial score (nSPS) is 21.6. The molecule has 5 nitrogen and oxygen atoms in total. The van der Waals surface area contributed by atoms with Gasteiger partial charge in [-0.15, -0.1) is 0 Å². The minimum atomic E-state index is -0.776. The van der Waals surface area contributed by atoms with Crippen molar-refractivity contribution in [3.63, 3.8) is 0 Å². The van der Waals surface area contributed by atoms with Crippen molar-refractivity contribution in [1.82, 2.24) is 0 Å². The van der Waals surface area contributed by atoms with Gasteiger partial charge in [-0.05, 0) is 37.5 Å². The maximum absolute atomic E-state index is 13.5. The van der Waals surface area contributed by atoms with Crippen molar-refractivity contribution in [3.8, 4) is 0 Å². The van der Waals surface area contributed by atoms with E-state index in [4.69, 9.17) is 5.73 Å². The number of hydrogen-bond donors (Lipinski definition) is 2. The third kappa shape index (κ3) is 3.14. The number of nitrogens with two attached hydrogens (primary N) is 1. The number of halogens is 1. The van der Waals surface area contributed by atoms with Gasteiger partial charge < -0.3 is 15.8 Å². The summed E-state index contributed by atoms with van der Waals surface area (Å²) in [6, 6.07) is 3.87. The van der Waals surface area contributed by atoms with Gasteiger partial charge in [-0.1, -0.05) is 0 Å². The highest BCUT2D eigenvalue weighted by atomic mass is 19.1.